The first-order valence-corrected chi connectivity index (χ1v) is 8.95. The van der Waals surface area contributed by atoms with E-state index in [1.807, 2.05) is 6.92 Å². The number of hydrogen-bond acceptors (Lipinski definition) is 5. The van der Waals surface area contributed by atoms with Crippen LogP contribution in [0.4, 0.5) is 0 Å². The summed E-state index contributed by atoms with van der Waals surface area (Å²) in [7, 11) is 0. The predicted octanol–water partition coefficient (Wildman–Crippen LogP) is 1.67. The number of rotatable bonds is 4. The normalized spacial score (nSPS) is 31.2. The van der Waals surface area contributed by atoms with Crippen molar-refractivity contribution in [3.8, 4) is 0 Å². The molecule has 1 amide bonds. The van der Waals surface area contributed by atoms with Crippen molar-refractivity contribution in [3.63, 3.8) is 0 Å². The maximum absolute atomic E-state index is 12.5. The zero-order valence-electron chi connectivity index (χ0n) is 14.7. The third-order valence-electron chi connectivity index (χ3n) is 5.06. The minimum atomic E-state index is -1.01. The highest BCUT2D eigenvalue weighted by molar-refractivity contribution is 5.81. The molecule has 7 nitrogen and oxygen atoms in total. The highest BCUT2D eigenvalue weighted by Gasteiger charge is 2.34. The summed E-state index contributed by atoms with van der Waals surface area (Å²) in [5.74, 6) is -0.0147. The van der Waals surface area contributed by atoms with E-state index in [-0.39, 0.29) is 30.2 Å². The molecule has 0 spiro atoms. The number of hydrogen-bond donors (Lipinski definition) is 2. The van der Waals surface area contributed by atoms with Crippen molar-refractivity contribution < 1.29 is 14.6 Å². The van der Waals surface area contributed by atoms with Crippen LogP contribution in [0, 0.1) is 0 Å². The summed E-state index contributed by atoms with van der Waals surface area (Å²) in [4.78, 5) is 12.5. The van der Waals surface area contributed by atoms with Crippen molar-refractivity contribution in [1.82, 2.24) is 20.3 Å². The fourth-order valence-electron chi connectivity index (χ4n) is 3.59. The molecule has 0 radical (unpaired) electrons. The summed E-state index contributed by atoms with van der Waals surface area (Å²) in [5.41, 5.74) is -0.467. The van der Waals surface area contributed by atoms with Crippen LogP contribution in [-0.4, -0.2) is 44.3 Å². The van der Waals surface area contributed by atoms with Crippen LogP contribution in [0.1, 0.15) is 71.0 Å². The Balaban J connectivity index is 1.69. The van der Waals surface area contributed by atoms with Crippen LogP contribution in [0.2, 0.25) is 0 Å². The van der Waals surface area contributed by atoms with Crippen molar-refractivity contribution in [3.05, 3.63) is 11.9 Å². The van der Waals surface area contributed by atoms with Crippen LogP contribution in [0.15, 0.2) is 6.20 Å². The van der Waals surface area contributed by atoms with E-state index in [1.165, 1.54) is 0 Å². The van der Waals surface area contributed by atoms with Gasteiger partial charge in [-0.05, 0) is 46.5 Å². The first-order valence-electron chi connectivity index (χ1n) is 8.95. The summed E-state index contributed by atoms with van der Waals surface area (Å²) in [5, 5.41) is 21.5. The lowest BCUT2D eigenvalue weighted by atomic mass is 9.90. The molecule has 1 saturated heterocycles. The first kappa shape index (κ1) is 17.4. The Kier molecular flexibility index (Phi) is 4.92. The van der Waals surface area contributed by atoms with E-state index in [0.29, 0.717) is 5.69 Å². The largest absolute Gasteiger partial charge is 0.384 e. The average Bonchev–Trinajstić information content (AvgIpc) is 3.16. The van der Waals surface area contributed by atoms with Crippen LogP contribution < -0.4 is 5.32 Å². The van der Waals surface area contributed by atoms with Gasteiger partial charge in [0.15, 0.2) is 0 Å². The van der Waals surface area contributed by atoms with Gasteiger partial charge >= 0.3 is 0 Å². The molecule has 0 unspecified atom stereocenters. The van der Waals surface area contributed by atoms with Gasteiger partial charge in [-0.3, -0.25) is 4.79 Å². The zero-order chi connectivity index (χ0) is 17.3. The molecule has 2 aliphatic rings. The fourth-order valence-corrected chi connectivity index (χ4v) is 3.59. The summed E-state index contributed by atoms with van der Waals surface area (Å²) >= 11 is 0. The second-order valence-electron chi connectivity index (χ2n) is 7.62. The number of aliphatic hydroxyl groups is 1. The first-order chi connectivity index (χ1) is 11.3. The third-order valence-corrected chi connectivity index (χ3v) is 5.06. The Morgan fingerprint density at radius 3 is 2.71 bits per heavy atom. The van der Waals surface area contributed by atoms with Gasteiger partial charge in [-0.1, -0.05) is 18.1 Å². The van der Waals surface area contributed by atoms with E-state index < -0.39 is 5.60 Å². The molecule has 1 aromatic rings. The second-order valence-corrected chi connectivity index (χ2v) is 7.62. The Hall–Kier alpha value is -1.47. The molecule has 1 aliphatic carbocycles. The molecule has 3 rings (SSSR count). The van der Waals surface area contributed by atoms with Crippen LogP contribution in [0.25, 0.3) is 0 Å². The van der Waals surface area contributed by atoms with E-state index in [2.05, 4.69) is 15.6 Å². The van der Waals surface area contributed by atoms with Gasteiger partial charge in [-0.25, -0.2) is 4.68 Å². The molecule has 0 bridgehead atoms. The summed E-state index contributed by atoms with van der Waals surface area (Å²) in [6.07, 6.45) is 7.42. The fraction of sp³-hybridized carbons (Fsp3) is 0.824. The number of carbonyl (C=O) groups excluding carboxylic acids is 1. The van der Waals surface area contributed by atoms with E-state index in [0.717, 1.165) is 38.5 Å². The minimum Gasteiger partial charge on any atom is -0.384 e. The highest BCUT2D eigenvalue weighted by atomic mass is 16.5. The van der Waals surface area contributed by atoms with Crippen LogP contribution in [0.3, 0.4) is 0 Å². The Bertz CT molecular complexity index is 581. The van der Waals surface area contributed by atoms with Gasteiger partial charge < -0.3 is 15.2 Å². The molecule has 0 aromatic carbocycles. The van der Waals surface area contributed by atoms with E-state index >= 15 is 0 Å². The zero-order valence-corrected chi connectivity index (χ0v) is 14.7. The average molecular weight is 336 g/mol. The molecule has 1 saturated carbocycles. The SMILES string of the molecule is C[C@@H]1CC[C@H](C(=O)N[C@H]2CCCC[C@H]2n2cc(C(C)(C)O)nn2)O1. The Morgan fingerprint density at radius 1 is 1.33 bits per heavy atom. The lowest BCUT2D eigenvalue weighted by molar-refractivity contribution is -0.133. The van der Waals surface area contributed by atoms with Crippen molar-refractivity contribution in [1.29, 1.82) is 0 Å². The topological polar surface area (TPSA) is 89.3 Å². The summed E-state index contributed by atoms with van der Waals surface area (Å²) < 4.78 is 7.48. The number of nitrogens with zero attached hydrogens (tertiary/aromatic N) is 3. The maximum atomic E-state index is 12.5. The molecule has 1 aliphatic heterocycles. The van der Waals surface area contributed by atoms with Crippen molar-refractivity contribution in [2.45, 2.75) is 89.2 Å². The number of ether oxygens (including phenoxy) is 1. The number of amides is 1. The van der Waals surface area contributed by atoms with Gasteiger partial charge in [0.2, 0.25) is 5.91 Å². The highest BCUT2D eigenvalue weighted by Crippen LogP contribution is 2.30. The van der Waals surface area contributed by atoms with Crippen LogP contribution in [-0.2, 0) is 15.1 Å². The minimum absolute atomic E-state index is 0.0147. The third kappa shape index (κ3) is 3.78. The van der Waals surface area contributed by atoms with E-state index in [4.69, 9.17) is 4.74 Å². The van der Waals surface area contributed by atoms with Crippen LogP contribution >= 0.6 is 0 Å². The van der Waals surface area contributed by atoms with Crippen LogP contribution in [0.5, 0.6) is 0 Å². The summed E-state index contributed by atoms with van der Waals surface area (Å²) in [6, 6.07) is 0.104. The second kappa shape index (κ2) is 6.80. The van der Waals surface area contributed by atoms with Gasteiger partial charge in [-0.15, -0.1) is 5.10 Å². The molecular formula is C17H28N4O3. The molecular weight excluding hydrogens is 308 g/mol. The van der Waals surface area contributed by atoms with Crippen molar-refractivity contribution in [2.75, 3.05) is 0 Å². The molecule has 1 aromatic heterocycles. The molecule has 2 N–H and O–H groups in total. The predicted molar refractivity (Wildman–Crippen MR) is 88.3 cm³/mol. The molecule has 7 heteroatoms. The number of nitrogens with one attached hydrogen (secondary N) is 1. The molecule has 134 valence electrons. The molecule has 24 heavy (non-hydrogen) atoms. The van der Waals surface area contributed by atoms with Gasteiger partial charge in [-0.2, -0.15) is 0 Å². The maximum Gasteiger partial charge on any atom is 0.249 e. The van der Waals surface area contributed by atoms with Gasteiger partial charge in [0.25, 0.3) is 0 Å². The van der Waals surface area contributed by atoms with Crippen molar-refractivity contribution in [2.24, 2.45) is 0 Å². The quantitative estimate of drug-likeness (QED) is 0.873. The number of aromatic nitrogens is 3. The molecule has 4 atom stereocenters. The Morgan fingerprint density at radius 2 is 2.08 bits per heavy atom. The molecule has 2 fully saturated rings. The monoisotopic (exact) mass is 336 g/mol. The summed E-state index contributed by atoms with van der Waals surface area (Å²) in [6.45, 7) is 5.39. The lowest BCUT2D eigenvalue weighted by Crippen LogP contribution is -2.47. The van der Waals surface area contributed by atoms with E-state index in [1.54, 1.807) is 24.7 Å². The lowest BCUT2D eigenvalue weighted by Gasteiger charge is -2.32. The van der Waals surface area contributed by atoms with Gasteiger partial charge in [0.1, 0.15) is 17.4 Å². The molecule has 2 heterocycles. The standard InChI is InChI=1S/C17H28N4O3/c1-11-8-9-14(24-11)16(22)18-12-6-4-5-7-13(12)21-10-15(19-20-21)17(2,3)23/h10-14,23H,4-9H2,1-3H3,(H,18,22)/t11-,12+,13-,14-/m1/s1. The van der Waals surface area contributed by atoms with Crippen molar-refractivity contribution >= 4 is 5.91 Å². The smallest absolute Gasteiger partial charge is 0.249 e. The van der Waals surface area contributed by atoms with Gasteiger partial charge in [0, 0.05) is 0 Å². The Labute approximate surface area is 142 Å². The van der Waals surface area contributed by atoms with Gasteiger partial charge in [0.05, 0.1) is 24.4 Å². The van der Waals surface area contributed by atoms with E-state index in [9.17, 15) is 9.90 Å². The number of carbonyl (C=O) groups is 1.